The summed E-state index contributed by atoms with van der Waals surface area (Å²) in [6.07, 6.45) is 0. The lowest BCUT2D eigenvalue weighted by atomic mass is 10.2. The lowest BCUT2D eigenvalue weighted by Gasteiger charge is -2.11. The molecule has 0 radical (unpaired) electrons. The smallest absolute Gasteiger partial charge is 0.352 e. The second-order valence-electron chi connectivity index (χ2n) is 5.45. The van der Waals surface area contributed by atoms with Crippen molar-refractivity contribution in [1.82, 2.24) is 0 Å². The molecule has 2 aromatic carbocycles. The number of hydrogen-bond donors (Lipinski definition) is 3. The van der Waals surface area contributed by atoms with Gasteiger partial charge in [-0.15, -0.1) is 0 Å². The summed E-state index contributed by atoms with van der Waals surface area (Å²) in [5, 5.41) is 31.8. The third-order valence-electron chi connectivity index (χ3n) is 3.58. The normalized spacial score (nSPS) is 11.3. The second kappa shape index (κ2) is 8.48. The van der Waals surface area contributed by atoms with Crippen LogP contribution in [-0.4, -0.2) is 27.1 Å². The fourth-order valence-electron chi connectivity index (χ4n) is 2.15. The van der Waals surface area contributed by atoms with Gasteiger partial charge < -0.3 is 20.3 Å². The molecule has 3 N–H and O–H groups in total. The summed E-state index contributed by atoms with van der Waals surface area (Å²) in [4.78, 5) is 32.9. The standard InChI is InChI=1S/C18H16N2O7/c1-11(17(21)22)16(18(23)24)19-14-8-7-13(9-15(14)20(25)26)27-10-12-5-3-2-4-6-12/h2-9,19H,10H2,1H3,(H,21,22)(H,23,24). The quantitative estimate of drug-likeness (QED) is 0.365. The first kappa shape index (κ1) is 19.4. The van der Waals surface area contributed by atoms with Gasteiger partial charge >= 0.3 is 11.9 Å². The highest BCUT2D eigenvalue weighted by Crippen LogP contribution is 2.31. The number of nitrogens with one attached hydrogen (secondary N) is 1. The van der Waals surface area contributed by atoms with Crippen molar-refractivity contribution in [3.8, 4) is 5.75 Å². The minimum atomic E-state index is -1.55. The monoisotopic (exact) mass is 372 g/mol. The zero-order chi connectivity index (χ0) is 20.0. The number of hydrogen-bond acceptors (Lipinski definition) is 6. The van der Waals surface area contributed by atoms with E-state index in [0.717, 1.165) is 18.6 Å². The van der Waals surface area contributed by atoms with Crippen LogP contribution in [0.15, 0.2) is 59.8 Å². The molecule has 0 aliphatic carbocycles. The fraction of sp³-hybridized carbons (Fsp3) is 0.111. The van der Waals surface area contributed by atoms with E-state index in [-0.39, 0.29) is 18.0 Å². The van der Waals surface area contributed by atoms with Crippen molar-refractivity contribution in [3.63, 3.8) is 0 Å². The van der Waals surface area contributed by atoms with Gasteiger partial charge in [0.15, 0.2) is 0 Å². The lowest BCUT2D eigenvalue weighted by molar-refractivity contribution is -0.384. The van der Waals surface area contributed by atoms with Crippen LogP contribution >= 0.6 is 0 Å². The zero-order valence-corrected chi connectivity index (χ0v) is 14.2. The van der Waals surface area contributed by atoms with Crippen LogP contribution in [0.2, 0.25) is 0 Å². The molecule has 27 heavy (non-hydrogen) atoms. The maximum absolute atomic E-state index is 11.3. The molecule has 2 rings (SSSR count). The van der Waals surface area contributed by atoms with Gasteiger partial charge in [0, 0.05) is 0 Å². The Kier molecular flexibility index (Phi) is 6.10. The number of benzene rings is 2. The highest BCUT2D eigenvalue weighted by Gasteiger charge is 2.22. The first-order valence-corrected chi connectivity index (χ1v) is 7.69. The maximum atomic E-state index is 11.3. The first-order chi connectivity index (χ1) is 12.8. The summed E-state index contributed by atoms with van der Waals surface area (Å²) in [6, 6.07) is 13.0. The van der Waals surface area contributed by atoms with Crippen LogP contribution < -0.4 is 10.1 Å². The van der Waals surface area contributed by atoms with Crippen molar-refractivity contribution in [2.24, 2.45) is 0 Å². The number of rotatable bonds is 8. The molecule has 9 heteroatoms. The van der Waals surface area contributed by atoms with Gasteiger partial charge in [-0.05, 0) is 24.6 Å². The molecular formula is C18H16N2O7. The minimum absolute atomic E-state index is 0.162. The SMILES string of the molecule is CC(C(=O)O)=C(Nc1ccc(OCc2ccccc2)cc1[N+](=O)[O-])C(=O)O. The Labute approximate surface area is 153 Å². The van der Waals surface area contributed by atoms with Crippen LogP contribution in [0.4, 0.5) is 11.4 Å². The predicted molar refractivity (Wildman–Crippen MR) is 95.5 cm³/mol. The minimum Gasteiger partial charge on any atom is -0.489 e. The van der Waals surface area contributed by atoms with E-state index in [0.29, 0.717) is 0 Å². The molecule has 0 amide bonds. The molecule has 0 aliphatic heterocycles. The number of carboxylic acid groups (broad SMARTS) is 2. The highest BCUT2D eigenvalue weighted by atomic mass is 16.6. The molecule has 0 saturated carbocycles. The number of carbonyl (C=O) groups is 2. The summed E-state index contributed by atoms with van der Waals surface area (Å²) in [6.45, 7) is 1.28. The van der Waals surface area contributed by atoms with Gasteiger partial charge in [0.2, 0.25) is 0 Å². The number of nitrogens with zero attached hydrogens (tertiary/aromatic N) is 1. The van der Waals surface area contributed by atoms with Crippen LogP contribution in [0.5, 0.6) is 5.75 Å². The van der Waals surface area contributed by atoms with Gasteiger partial charge in [-0.25, -0.2) is 9.59 Å². The largest absolute Gasteiger partial charge is 0.489 e. The van der Waals surface area contributed by atoms with Crippen LogP contribution in [-0.2, 0) is 16.2 Å². The second-order valence-corrected chi connectivity index (χ2v) is 5.45. The van der Waals surface area contributed by atoms with E-state index < -0.39 is 33.8 Å². The molecule has 140 valence electrons. The van der Waals surface area contributed by atoms with Gasteiger partial charge in [-0.3, -0.25) is 10.1 Å². The summed E-state index contributed by atoms with van der Waals surface area (Å²) in [7, 11) is 0. The molecule has 0 atom stereocenters. The van der Waals surface area contributed by atoms with Gasteiger partial charge in [-0.1, -0.05) is 30.3 Å². The number of aliphatic carboxylic acids is 2. The molecule has 0 aliphatic rings. The van der Waals surface area contributed by atoms with E-state index in [4.69, 9.17) is 14.9 Å². The summed E-state index contributed by atoms with van der Waals surface area (Å²) in [5.74, 6) is -2.79. The average Bonchev–Trinajstić information content (AvgIpc) is 2.64. The third-order valence-corrected chi connectivity index (χ3v) is 3.58. The van der Waals surface area contributed by atoms with E-state index in [1.54, 1.807) is 0 Å². The van der Waals surface area contributed by atoms with E-state index in [1.165, 1.54) is 12.1 Å². The van der Waals surface area contributed by atoms with E-state index in [2.05, 4.69) is 5.32 Å². The number of anilines is 1. The Morgan fingerprint density at radius 3 is 2.33 bits per heavy atom. The van der Waals surface area contributed by atoms with E-state index in [1.807, 2.05) is 30.3 Å². The van der Waals surface area contributed by atoms with Gasteiger partial charge in [0.05, 0.1) is 16.6 Å². The number of ether oxygens (including phenoxy) is 1. The Balaban J connectivity index is 2.30. The Morgan fingerprint density at radius 1 is 1.11 bits per heavy atom. The van der Waals surface area contributed by atoms with Crippen molar-refractivity contribution >= 4 is 23.3 Å². The van der Waals surface area contributed by atoms with E-state index >= 15 is 0 Å². The number of nitro groups is 1. The predicted octanol–water partition coefficient (Wildman–Crippen LogP) is 3.03. The maximum Gasteiger partial charge on any atom is 0.352 e. The van der Waals surface area contributed by atoms with E-state index in [9.17, 15) is 19.7 Å². The topological polar surface area (TPSA) is 139 Å². The van der Waals surface area contributed by atoms with Crippen molar-refractivity contribution in [2.75, 3.05) is 5.32 Å². The molecule has 2 aromatic rings. The van der Waals surface area contributed by atoms with Crippen LogP contribution in [0, 0.1) is 10.1 Å². The molecular weight excluding hydrogens is 356 g/mol. The molecule has 9 nitrogen and oxygen atoms in total. The average molecular weight is 372 g/mol. The van der Waals surface area contributed by atoms with Crippen molar-refractivity contribution < 1.29 is 29.5 Å². The summed E-state index contributed by atoms with van der Waals surface area (Å²) in [5.41, 5.74) is -0.886. The first-order valence-electron chi connectivity index (χ1n) is 7.69. The molecule has 0 saturated heterocycles. The van der Waals surface area contributed by atoms with Crippen molar-refractivity contribution in [1.29, 1.82) is 0 Å². The molecule has 0 bridgehead atoms. The molecule has 0 aromatic heterocycles. The number of nitro benzene ring substituents is 1. The third kappa shape index (κ3) is 5.05. The Bertz CT molecular complexity index is 907. The lowest BCUT2D eigenvalue weighted by Crippen LogP contribution is -2.17. The summed E-state index contributed by atoms with van der Waals surface area (Å²) >= 11 is 0. The zero-order valence-electron chi connectivity index (χ0n) is 14.2. The molecule has 0 unspecified atom stereocenters. The Morgan fingerprint density at radius 2 is 1.78 bits per heavy atom. The fourth-order valence-corrected chi connectivity index (χ4v) is 2.15. The highest BCUT2D eigenvalue weighted by molar-refractivity contribution is 6.01. The van der Waals surface area contributed by atoms with Crippen LogP contribution in [0.1, 0.15) is 12.5 Å². The molecule has 0 spiro atoms. The van der Waals surface area contributed by atoms with Crippen molar-refractivity contribution in [3.05, 3.63) is 75.5 Å². The van der Waals surface area contributed by atoms with Crippen LogP contribution in [0.25, 0.3) is 0 Å². The van der Waals surface area contributed by atoms with Crippen LogP contribution in [0.3, 0.4) is 0 Å². The van der Waals surface area contributed by atoms with Gasteiger partial charge in [-0.2, -0.15) is 0 Å². The molecule has 0 fully saturated rings. The summed E-state index contributed by atoms with van der Waals surface area (Å²) < 4.78 is 5.52. The Hall–Kier alpha value is -3.88. The van der Waals surface area contributed by atoms with Crippen molar-refractivity contribution in [2.45, 2.75) is 13.5 Å². The number of carboxylic acids is 2. The molecule has 0 heterocycles. The van der Waals surface area contributed by atoms with Gasteiger partial charge in [0.1, 0.15) is 23.7 Å². The van der Waals surface area contributed by atoms with Gasteiger partial charge in [0.25, 0.3) is 5.69 Å².